The third kappa shape index (κ3) is 1.96. The molecule has 0 heteroatoms. The van der Waals surface area contributed by atoms with E-state index in [4.69, 9.17) is 0 Å². The van der Waals surface area contributed by atoms with Gasteiger partial charge in [0.1, 0.15) is 0 Å². The molecule has 0 bridgehead atoms. The van der Waals surface area contributed by atoms with Gasteiger partial charge in [0.05, 0.1) is 0 Å². The highest BCUT2D eigenvalue weighted by Crippen LogP contribution is 2.38. The Hall–Kier alpha value is -1.56. The molecule has 0 heterocycles. The molecule has 0 unspecified atom stereocenters. The Morgan fingerprint density at radius 3 is 2.61 bits per heavy atom. The Morgan fingerprint density at radius 2 is 1.72 bits per heavy atom. The lowest BCUT2D eigenvalue weighted by atomic mass is 9.97. The number of hydrogen-bond acceptors (Lipinski definition) is 0. The fourth-order valence-electron chi connectivity index (χ4n) is 3.02. The lowest BCUT2D eigenvalue weighted by molar-refractivity contribution is 0.715. The van der Waals surface area contributed by atoms with Gasteiger partial charge in [-0.1, -0.05) is 62.2 Å². The molecule has 0 amide bonds. The molecule has 0 aliphatic heterocycles. The van der Waals surface area contributed by atoms with Crippen molar-refractivity contribution < 1.29 is 0 Å². The molecule has 92 valence electrons. The van der Waals surface area contributed by atoms with Crippen LogP contribution in [0.3, 0.4) is 0 Å². The van der Waals surface area contributed by atoms with Gasteiger partial charge in [0.2, 0.25) is 0 Å². The van der Waals surface area contributed by atoms with E-state index in [1.807, 2.05) is 0 Å². The second-order valence-electron chi connectivity index (χ2n) is 5.23. The monoisotopic (exact) mass is 236 g/mol. The number of benzene rings is 2. The van der Waals surface area contributed by atoms with Gasteiger partial charge in [-0.2, -0.15) is 0 Å². The summed E-state index contributed by atoms with van der Waals surface area (Å²) in [5, 5.41) is 0. The van der Waals surface area contributed by atoms with Crippen molar-refractivity contribution in [1.82, 2.24) is 0 Å². The van der Waals surface area contributed by atoms with E-state index >= 15 is 0 Å². The highest BCUT2D eigenvalue weighted by molar-refractivity contribution is 5.77. The van der Waals surface area contributed by atoms with Crippen LogP contribution in [0.25, 0.3) is 11.1 Å². The van der Waals surface area contributed by atoms with Gasteiger partial charge in [-0.3, -0.25) is 0 Å². The summed E-state index contributed by atoms with van der Waals surface area (Å²) < 4.78 is 0. The fraction of sp³-hybridized carbons (Fsp3) is 0.333. The van der Waals surface area contributed by atoms with Crippen LogP contribution in [0.1, 0.15) is 42.9 Å². The Balaban J connectivity index is 1.93. The van der Waals surface area contributed by atoms with E-state index in [-0.39, 0.29) is 0 Å². The molecule has 0 N–H and O–H groups in total. The first kappa shape index (κ1) is 11.5. The molecule has 0 aromatic heterocycles. The molecule has 0 atom stereocenters. The third-order valence-electron chi connectivity index (χ3n) is 4.00. The van der Waals surface area contributed by atoms with Crippen molar-refractivity contribution in [1.29, 1.82) is 0 Å². The zero-order valence-electron chi connectivity index (χ0n) is 11.1. The first-order valence-electron chi connectivity index (χ1n) is 7.09. The average Bonchev–Trinajstić information content (AvgIpc) is 2.79. The highest BCUT2D eigenvalue weighted by Gasteiger charge is 2.19. The maximum Gasteiger partial charge on any atom is -0.00107 e. The summed E-state index contributed by atoms with van der Waals surface area (Å²) in [7, 11) is 0. The van der Waals surface area contributed by atoms with E-state index in [0.717, 1.165) is 6.42 Å². The van der Waals surface area contributed by atoms with Crippen molar-refractivity contribution in [3.8, 4) is 11.1 Å². The molecule has 0 fully saturated rings. The van der Waals surface area contributed by atoms with E-state index in [0.29, 0.717) is 0 Å². The van der Waals surface area contributed by atoms with E-state index in [2.05, 4.69) is 49.4 Å². The number of hydrogen-bond donors (Lipinski definition) is 0. The largest absolute Gasteiger partial charge is 0.0654 e. The topological polar surface area (TPSA) is 0 Å². The number of fused-ring (bicyclic) bond motifs is 3. The van der Waals surface area contributed by atoms with E-state index in [1.54, 1.807) is 11.1 Å². The number of unbranched alkanes of at least 4 members (excludes halogenated alkanes) is 2. The third-order valence-corrected chi connectivity index (χ3v) is 4.00. The quantitative estimate of drug-likeness (QED) is 0.560. The smallest absolute Gasteiger partial charge is 0.00107 e. The van der Waals surface area contributed by atoms with Gasteiger partial charge in [0.25, 0.3) is 0 Å². The van der Waals surface area contributed by atoms with E-state index < -0.39 is 0 Å². The second-order valence-corrected chi connectivity index (χ2v) is 5.23. The summed E-state index contributed by atoms with van der Waals surface area (Å²) in [6, 6.07) is 15.7. The Morgan fingerprint density at radius 1 is 0.889 bits per heavy atom. The van der Waals surface area contributed by atoms with Crippen LogP contribution in [0.4, 0.5) is 0 Å². The summed E-state index contributed by atoms with van der Waals surface area (Å²) in [6.45, 7) is 2.27. The molecule has 2 aromatic rings. The molecule has 0 radical (unpaired) electrons. The van der Waals surface area contributed by atoms with Crippen LogP contribution in [0.2, 0.25) is 0 Å². The van der Waals surface area contributed by atoms with Crippen molar-refractivity contribution in [3.05, 3.63) is 59.2 Å². The Labute approximate surface area is 110 Å². The molecular weight excluding hydrogens is 216 g/mol. The summed E-state index contributed by atoms with van der Waals surface area (Å²) in [5.74, 6) is 0. The van der Waals surface area contributed by atoms with Gasteiger partial charge in [0.15, 0.2) is 0 Å². The Kier molecular flexibility index (Phi) is 3.19. The Bertz CT molecular complexity index is 552. The molecule has 0 saturated carbocycles. The molecule has 18 heavy (non-hydrogen) atoms. The van der Waals surface area contributed by atoms with Crippen molar-refractivity contribution in [2.45, 2.75) is 39.0 Å². The molecule has 2 aromatic carbocycles. The first-order chi connectivity index (χ1) is 8.90. The lowest BCUT2D eigenvalue weighted by Crippen LogP contribution is -1.93. The van der Waals surface area contributed by atoms with Gasteiger partial charge >= 0.3 is 0 Å². The SMILES string of the molecule is CCCCCc1cccc2c1Cc1ccccc1-2. The van der Waals surface area contributed by atoms with Gasteiger partial charge in [0, 0.05) is 0 Å². The fourth-order valence-corrected chi connectivity index (χ4v) is 3.02. The summed E-state index contributed by atoms with van der Waals surface area (Å²) in [5.41, 5.74) is 7.56. The zero-order chi connectivity index (χ0) is 12.4. The van der Waals surface area contributed by atoms with Crippen LogP contribution in [0.5, 0.6) is 0 Å². The molecule has 0 nitrogen and oxygen atoms in total. The lowest BCUT2D eigenvalue weighted by Gasteiger charge is -2.08. The molecule has 0 spiro atoms. The highest BCUT2D eigenvalue weighted by atomic mass is 14.2. The van der Waals surface area contributed by atoms with Gasteiger partial charge in [-0.15, -0.1) is 0 Å². The van der Waals surface area contributed by atoms with Crippen LogP contribution in [-0.4, -0.2) is 0 Å². The van der Waals surface area contributed by atoms with Gasteiger partial charge in [-0.05, 0) is 47.1 Å². The number of rotatable bonds is 4. The summed E-state index contributed by atoms with van der Waals surface area (Å²) in [4.78, 5) is 0. The number of aryl methyl sites for hydroxylation is 1. The summed E-state index contributed by atoms with van der Waals surface area (Å²) >= 11 is 0. The maximum atomic E-state index is 2.32. The average molecular weight is 236 g/mol. The molecule has 1 aliphatic rings. The van der Waals surface area contributed by atoms with Crippen molar-refractivity contribution in [2.24, 2.45) is 0 Å². The maximum absolute atomic E-state index is 2.32. The van der Waals surface area contributed by atoms with Gasteiger partial charge < -0.3 is 0 Å². The van der Waals surface area contributed by atoms with Crippen LogP contribution in [0.15, 0.2) is 42.5 Å². The second kappa shape index (κ2) is 4.97. The van der Waals surface area contributed by atoms with E-state index in [9.17, 15) is 0 Å². The van der Waals surface area contributed by atoms with Crippen molar-refractivity contribution in [3.63, 3.8) is 0 Å². The molecule has 1 aliphatic carbocycles. The normalized spacial score (nSPS) is 12.3. The minimum Gasteiger partial charge on any atom is -0.0654 e. The summed E-state index contributed by atoms with van der Waals surface area (Å²) in [6.07, 6.45) is 6.34. The molecule has 3 rings (SSSR count). The minimum absolute atomic E-state index is 1.13. The van der Waals surface area contributed by atoms with Crippen LogP contribution in [0, 0.1) is 0 Å². The minimum atomic E-state index is 1.13. The standard InChI is InChI=1S/C18H20/c1-2-3-4-8-14-10-7-12-17-16-11-6-5-9-15(16)13-18(14)17/h5-7,9-12H,2-4,8,13H2,1H3. The van der Waals surface area contributed by atoms with Crippen LogP contribution < -0.4 is 0 Å². The van der Waals surface area contributed by atoms with Gasteiger partial charge in [-0.25, -0.2) is 0 Å². The molecule has 0 saturated heterocycles. The van der Waals surface area contributed by atoms with Crippen LogP contribution >= 0.6 is 0 Å². The predicted octanol–water partition coefficient (Wildman–Crippen LogP) is 4.99. The van der Waals surface area contributed by atoms with Crippen molar-refractivity contribution in [2.75, 3.05) is 0 Å². The van der Waals surface area contributed by atoms with Crippen LogP contribution in [-0.2, 0) is 12.8 Å². The van der Waals surface area contributed by atoms with Crippen molar-refractivity contribution >= 4 is 0 Å². The van der Waals surface area contributed by atoms with E-state index in [1.165, 1.54) is 42.4 Å². The predicted molar refractivity (Wildman–Crippen MR) is 77.9 cm³/mol. The molecular formula is C18H20. The first-order valence-corrected chi connectivity index (χ1v) is 7.09. The zero-order valence-corrected chi connectivity index (χ0v) is 11.1.